The fourth-order valence-corrected chi connectivity index (χ4v) is 1.90. The topological polar surface area (TPSA) is 35.2 Å². The Morgan fingerprint density at radius 1 is 1.10 bits per heavy atom. The highest BCUT2D eigenvalue weighted by atomic mass is 35.5. The fraction of sp³-hybridized carbons (Fsp3) is 0.200. The summed E-state index contributed by atoms with van der Waals surface area (Å²) in [6, 6.07) is 9.74. The molecule has 0 aliphatic heterocycles. The molecule has 0 bridgehead atoms. The molecular formula is C15H14ClF2NO. The number of hydrogen-bond donors (Lipinski definition) is 1. The summed E-state index contributed by atoms with van der Waals surface area (Å²) in [6.45, 7) is 0.206. The van der Waals surface area contributed by atoms with Gasteiger partial charge in [0.2, 0.25) is 0 Å². The first-order chi connectivity index (χ1) is 9.54. The minimum absolute atomic E-state index is 0.206. The van der Waals surface area contributed by atoms with Crippen molar-refractivity contribution in [2.24, 2.45) is 5.73 Å². The Bertz CT molecular complexity index is 575. The van der Waals surface area contributed by atoms with Crippen LogP contribution >= 0.6 is 11.6 Å². The molecule has 2 N–H and O–H groups in total. The maximum absolute atomic E-state index is 13.5. The molecule has 0 aromatic heterocycles. The Morgan fingerprint density at radius 3 is 2.50 bits per heavy atom. The van der Waals surface area contributed by atoms with Crippen LogP contribution in [0.5, 0.6) is 5.75 Å². The molecule has 0 radical (unpaired) electrons. The highest BCUT2D eigenvalue weighted by Gasteiger charge is 2.10. The maximum atomic E-state index is 13.5. The van der Waals surface area contributed by atoms with Gasteiger partial charge in [0.15, 0.2) is 0 Å². The van der Waals surface area contributed by atoms with Crippen molar-refractivity contribution in [2.75, 3.05) is 6.61 Å². The van der Waals surface area contributed by atoms with Crippen LogP contribution in [0.15, 0.2) is 42.5 Å². The first-order valence-electron chi connectivity index (χ1n) is 6.12. The van der Waals surface area contributed by atoms with Crippen molar-refractivity contribution in [2.45, 2.75) is 12.5 Å². The van der Waals surface area contributed by atoms with Crippen LogP contribution in [0, 0.1) is 11.6 Å². The number of ether oxygens (including phenoxy) is 1. The Balaban J connectivity index is 1.90. The molecule has 5 heteroatoms. The third kappa shape index (κ3) is 4.18. The van der Waals surface area contributed by atoms with Gasteiger partial charge in [0, 0.05) is 11.1 Å². The molecule has 0 amide bonds. The van der Waals surface area contributed by atoms with Gasteiger partial charge in [-0.05, 0) is 54.4 Å². The van der Waals surface area contributed by atoms with Gasteiger partial charge in [0.25, 0.3) is 0 Å². The molecule has 0 aliphatic rings. The number of hydrogen-bond acceptors (Lipinski definition) is 2. The van der Waals surface area contributed by atoms with Gasteiger partial charge in [-0.15, -0.1) is 0 Å². The quantitative estimate of drug-likeness (QED) is 0.916. The Labute approximate surface area is 121 Å². The Kier molecular flexibility index (Phi) is 4.93. The second kappa shape index (κ2) is 6.68. The van der Waals surface area contributed by atoms with Crippen LogP contribution in [0.2, 0.25) is 5.02 Å². The second-order valence-corrected chi connectivity index (χ2v) is 4.90. The third-order valence-corrected chi connectivity index (χ3v) is 3.02. The second-order valence-electron chi connectivity index (χ2n) is 4.46. The zero-order valence-electron chi connectivity index (χ0n) is 10.7. The van der Waals surface area contributed by atoms with Gasteiger partial charge in [-0.2, -0.15) is 0 Å². The van der Waals surface area contributed by atoms with Gasteiger partial charge >= 0.3 is 0 Å². The van der Waals surface area contributed by atoms with E-state index < -0.39 is 17.7 Å². The zero-order valence-corrected chi connectivity index (χ0v) is 11.4. The lowest BCUT2D eigenvalue weighted by molar-refractivity contribution is 0.286. The summed E-state index contributed by atoms with van der Waals surface area (Å²) in [4.78, 5) is 0. The summed E-state index contributed by atoms with van der Waals surface area (Å²) in [5.41, 5.74) is 6.11. The minimum Gasteiger partial charge on any atom is -0.492 e. The van der Waals surface area contributed by atoms with Crippen LogP contribution in [-0.2, 0) is 6.42 Å². The van der Waals surface area contributed by atoms with Crippen LogP contribution in [0.3, 0.4) is 0 Å². The Morgan fingerprint density at radius 2 is 1.80 bits per heavy atom. The van der Waals surface area contributed by atoms with Crippen LogP contribution in [-0.4, -0.2) is 12.6 Å². The van der Waals surface area contributed by atoms with E-state index in [2.05, 4.69) is 0 Å². The molecule has 2 aromatic carbocycles. The van der Waals surface area contributed by atoms with E-state index in [0.29, 0.717) is 10.8 Å². The van der Waals surface area contributed by atoms with Crippen LogP contribution in [0.4, 0.5) is 8.78 Å². The Hall–Kier alpha value is -1.65. The molecule has 0 fully saturated rings. The van der Waals surface area contributed by atoms with Crippen LogP contribution in [0.25, 0.3) is 0 Å². The van der Waals surface area contributed by atoms with E-state index in [1.165, 1.54) is 0 Å². The van der Waals surface area contributed by atoms with Crippen molar-refractivity contribution in [1.29, 1.82) is 0 Å². The van der Waals surface area contributed by atoms with Gasteiger partial charge in [-0.3, -0.25) is 0 Å². The molecule has 2 nitrogen and oxygen atoms in total. The van der Waals surface area contributed by atoms with E-state index in [4.69, 9.17) is 22.1 Å². The first-order valence-corrected chi connectivity index (χ1v) is 6.50. The zero-order chi connectivity index (χ0) is 14.5. The predicted octanol–water partition coefficient (Wildman–Crippen LogP) is 3.57. The monoisotopic (exact) mass is 297 g/mol. The number of halogens is 3. The van der Waals surface area contributed by atoms with Gasteiger partial charge in [0.05, 0.1) is 0 Å². The van der Waals surface area contributed by atoms with Gasteiger partial charge in [-0.1, -0.05) is 11.6 Å². The van der Waals surface area contributed by atoms with Gasteiger partial charge in [-0.25, -0.2) is 8.78 Å². The van der Waals surface area contributed by atoms with Gasteiger partial charge < -0.3 is 10.5 Å². The maximum Gasteiger partial charge on any atom is 0.126 e. The highest BCUT2D eigenvalue weighted by Crippen LogP contribution is 2.16. The SMILES string of the molecule is NC(COc1ccc(Cl)cc1)Cc1cc(F)ccc1F. The minimum atomic E-state index is -0.479. The molecule has 106 valence electrons. The molecule has 20 heavy (non-hydrogen) atoms. The molecule has 0 heterocycles. The standard InChI is InChI=1S/C15H14ClF2NO/c16-11-1-4-14(5-2-11)20-9-13(19)8-10-7-12(17)3-6-15(10)18/h1-7,13H,8-9,19H2. The summed E-state index contributed by atoms with van der Waals surface area (Å²) in [7, 11) is 0. The average Bonchev–Trinajstić information content (AvgIpc) is 2.42. The summed E-state index contributed by atoms with van der Waals surface area (Å²) in [6.07, 6.45) is 0.206. The third-order valence-electron chi connectivity index (χ3n) is 2.77. The van der Waals surface area contributed by atoms with E-state index in [1.54, 1.807) is 24.3 Å². The number of rotatable bonds is 5. The first kappa shape index (κ1) is 14.8. The summed E-state index contributed by atoms with van der Waals surface area (Å²) >= 11 is 5.76. The molecule has 0 spiro atoms. The lowest BCUT2D eigenvalue weighted by atomic mass is 10.1. The van der Waals surface area contributed by atoms with Crippen molar-refractivity contribution in [3.63, 3.8) is 0 Å². The van der Waals surface area contributed by atoms with Crippen molar-refractivity contribution in [3.05, 3.63) is 64.7 Å². The highest BCUT2D eigenvalue weighted by molar-refractivity contribution is 6.30. The summed E-state index contributed by atoms with van der Waals surface area (Å²) in [5, 5.41) is 0.614. The lowest BCUT2D eigenvalue weighted by Crippen LogP contribution is -2.30. The smallest absolute Gasteiger partial charge is 0.126 e. The fourth-order valence-electron chi connectivity index (χ4n) is 1.78. The molecule has 0 aliphatic carbocycles. The molecule has 2 rings (SSSR count). The van der Waals surface area contributed by atoms with E-state index in [0.717, 1.165) is 18.2 Å². The molecule has 0 saturated carbocycles. The number of nitrogens with two attached hydrogens (primary N) is 1. The van der Waals surface area contributed by atoms with E-state index >= 15 is 0 Å². The van der Waals surface area contributed by atoms with Gasteiger partial charge in [0.1, 0.15) is 24.0 Å². The van der Waals surface area contributed by atoms with E-state index in [-0.39, 0.29) is 18.6 Å². The predicted molar refractivity (Wildman–Crippen MR) is 75.0 cm³/mol. The molecule has 2 aromatic rings. The van der Waals surface area contributed by atoms with Crippen molar-refractivity contribution in [1.82, 2.24) is 0 Å². The van der Waals surface area contributed by atoms with Crippen molar-refractivity contribution < 1.29 is 13.5 Å². The van der Waals surface area contributed by atoms with E-state index in [1.807, 2.05) is 0 Å². The molecule has 1 atom stereocenters. The molecular weight excluding hydrogens is 284 g/mol. The summed E-state index contributed by atoms with van der Waals surface area (Å²) in [5.74, 6) is -0.315. The van der Waals surface area contributed by atoms with Crippen molar-refractivity contribution >= 4 is 11.6 Å². The van der Waals surface area contributed by atoms with Crippen molar-refractivity contribution in [3.8, 4) is 5.75 Å². The average molecular weight is 298 g/mol. The number of benzene rings is 2. The molecule has 0 saturated heterocycles. The molecule has 1 unspecified atom stereocenters. The van der Waals surface area contributed by atoms with Crippen LogP contribution < -0.4 is 10.5 Å². The van der Waals surface area contributed by atoms with E-state index in [9.17, 15) is 8.78 Å². The lowest BCUT2D eigenvalue weighted by Gasteiger charge is -2.14. The normalized spacial score (nSPS) is 12.2. The van der Waals surface area contributed by atoms with Crippen LogP contribution in [0.1, 0.15) is 5.56 Å². The summed E-state index contributed by atoms with van der Waals surface area (Å²) < 4.78 is 32.0. The largest absolute Gasteiger partial charge is 0.492 e.